The molecule has 0 unspecified atom stereocenters. The molecule has 35 heavy (non-hydrogen) atoms. The van der Waals surface area contributed by atoms with E-state index in [1.165, 1.54) is 5.56 Å². The Bertz CT molecular complexity index is 903. The van der Waals surface area contributed by atoms with E-state index in [4.69, 9.17) is 9.57 Å². The number of nitrogens with zero attached hydrogens (tertiary/aromatic N) is 3. The Balaban J connectivity index is 1.17. The first-order valence-electron chi connectivity index (χ1n) is 12.7. The number of nitrogens with one attached hydrogen (secondary N) is 1. The van der Waals surface area contributed by atoms with Gasteiger partial charge in [0.2, 0.25) is 0 Å². The van der Waals surface area contributed by atoms with Crippen LogP contribution in [0, 0.1) is 0 Å². The van der Waals surface area contributed by atoms with Crippen LogP contribution in [0.5, 0.6) is 0 Å². The average molecular weight is 487 g/mol. The van der Waals surface area contributed by atoms with Crippen molar-refractivity contribution in [1.82, 2.24) is 9.80 Å². The third-order valence-electron chi connectivity index (χ3n) is 6.77. The zero-order valence-electron chi connectivity index (χ0n) is 21.0. The van der Waals surface area contributed by atoms with Gasteiger partial charge in [-0.1, -0.05) is 17.3 Å². The Hall–Kier alpha value is -2.81. The molecule has 2 heterocycles. The summed E-state index contributed by atoms with van der Waals surface area (Å²) in [6.07, 6.45) is 4.79. The highest BCUT2D eigenvalue weighted by Gasteiger charge is 2.29. The normalized spacial score (nSPS) is 21.8. The molecule has 3 aliphatic rings. The highest BCUT2D eigenvalue weighted by atomic mass is 16.6. The molecule has 2 aliphatic heterocycles. The summed E-state index contributed by atoms with van der Waals surface area (Å²) in [6.45, 7) is 7.68. The van der Waals surface area contributed by atoms with Crippen molar-refractivity contribution in [2.24, 2.45) is 5.16 Å². The fourth-order valence-electron chi connectivity index (χ4n) is 4.66. The molecule has 1 aromatic rings. The van der Waals surface area contributed by atoms with Crippen LogP contribution in [0.2, 0.25) is 0 Å². The van der Waals surface area contributed by atoms with Gasteiger partial charge in [-0.05, 0) is 70.1 Å². The zero-order chi connectivity index (χ0) is 25.0. The third-order valence-corrected chi connectivity index (χ3v) is 6.77. The maximum Gasteiger partial charge on any atom is 0.410 e. The standard InChI is InChI=1S/C26H38N4O5/c1-26(2,3)34-25(33)29-14-12-23(13-15-29)35-28-21-10-6-19(7-11-21)18-4-8-20(9-5-18)27-24(32)30-16-22(31)17-30/h4-5,8-9,19,22-23,31H,6-7,10-17H2,1-3H3,(H,27,32). The predicted octanol–water partition coefficient (Wildman–Crippen LogP) is 4.32. The minimum absolute atomic E-state index is 0.0428. The smallest absolute Gasteiger partial charge is 0.410 e. The van der Waals surface area contributed by atoms with Crippen molar-refractivity contribution in [3.8, 4) is 0 Å². The van der Waals surface area contributed by atoms with Crippen LogP contribution >= 0.6 is 0 Å². The van der Waals surface area contributed by atoms with Crippen LogP contribution in [-0.4, -0.2) is 76.7 Å². The Morgan fingerprint density at radius 3 is 2.20 bits per heavy atom. The van der Waals surface area contributed by atoms with Gasteiger partial charge in [0.15, 0.2) is 0 Å². The first kappa shape index (κ1) is 25.3. The van der Waals surface area contributed by atoms with Gasteiger partial charge in [-0.2, -0.15) is 0 Å². The highest BCUT2D eigenvalue weighted by molar-refractivity contribution is 5.90. The number of oxime groups is 1. The zero-order valence-corrected chi connectivity index (χ0v) is 21.0. The van der Waals surface area contributed by atoms with Crippen molar-refractivity contribution in [3.05, 3.63) is 29.8 Å². The van der Waals surface area contributed by atoms with Crippen molar-refractivity contribution in [2.45, 2.75) is 83.0 Å². The van der Waals surface area contributed by atoms with E-state index in [2.05, 4.69) is 22.6 Å². The Labute approximate surface area is 207 Å². The van der Waals surface area contributed by atoms with Crippen molar-refractivity contribution in [3.63, 3.8) is 0 Å². The second-order valence-electron chi connectivity index (χ2n) is 10.8. The number of benzene rings is 1. The fraction of sp³-hybridized carbons (Fsp3) is 0.654. The topological polar surface area (TPSA) is 104 Å². The quantitative estimate of drug-likeness (QED) is 0.617. The van der Waals surface area contributed by atoms with Gasteiger partial charge in [-0.25, -0.2) is 9.59 Å². The van der Waals surface area contributed by atoms with Crippen molar-refractivity contribution in [1.29, 1.82) is 0 Å². The highest BCUT2D eigenvalue weighted by Crippen LogP contribution is 2.32. The van der Waals surface area contributed by atoms with Gasteiger partial charge in [0.1, 0.15) is 11.7 Å². The Morgan fingerprint density at radius 2 is 1.63 bits per heavy atom. The van der Waals surface area contributed by atoms with Crippen molar-refractivity contribution in [2.75, 3.05) is 31.5 Å². The minimum atomic E-state index is -0.480. The lowest BCUT2D eigenvalue weighted by atomic mass is 9.83. The van der Waals surface area contributed by atoms with E-state index < -0.39 is 11.7 Å². The molecule has 9 heteroatoms. The summed E-state index contributed by atoms with van der Waals surface area (Å²) in [5, 5.41) is 16.7. The number of aliphatic hydroxyl groups is 1. The average Bonchev–Trinajstić information content (AvgIpc) is 2.81. The number of anilines is 1. The number of aliphatic hydroxyl groups excluding tert-OH is 1. The Kier molecular flexibility index (Phi) is 7.84. The van der Waals surface area contributed by atoms with Gasteiger partial charge < -0.3 is 29.8 Å². The maximum atomic E-state index is 12.2. The van der Waals surface area contributed by atoms with Crippen LogP contribution in [0.15, 0.2) is 29.4 Å². The van der Waals surface area contributed by atoms with Crippen molar-refractivity contribution < 1.29 is 24.3 Å². The van der Waals surface area contributed by atoms with E-state index in [0.29, 0.717) is 32.1 Å². The molecule has 192 valence electrons. The number of piperidine rings is 1. The summed E-state index contributed by atoms with van der Waals surface area (Å²) in [7, 11) is 0. The van der Waals surface area contributed by atoms with E-state index in [1.807, 2.05) is 32.9 Å². The van der Waals surface area contributed by atoms with Crippen molar-refractivity contribution >= 4 is 23.5 Å². The largest absolute Gasteiger partial charge is 0.444 e. The van der Waals surface area contributed by atoms with Gasteiger partial charge in [-0.3, -0.25) is 0 Å². The molecule has 2 N–H and O–H groups in total. The number of hydrogen-bond donors (Lipinski definition) is 2. The van der Waals surface area contributed by atoms with Gasteiger partial charge in [0, 0.05) is 31.6 Å². The number of urea groups is 1. The first-order chi connectivity index (χ1) is 16.7. The van der Waals surface area contributed by atoms with E-state index in [-0.39, 0.29) is 18.2 Å². The van der Waals surface area contributed by atoms with Gasteiger partial charge in [-0.15, -0.1) is 0 Å². The minimum Gasteiger partial charge on any atom is -0.444 e. The molecule has 0 bridgehead atoms. The molecular weight excluding hydrogens is 448 g/mol. The van der Waals surface area contributed by atoms with Crippen LogP contribution in [0.3, 0.4) is 0 Å². The molecule has 0 spiro atoms. The van der Waals surface area contributed by atoms with Crippen LogP contribution in [0.1, 0.15) is 70.8 Å². The number of carbonyl (C=O) groups excluding carboxylic acids is 2. The number of ether oxygens (including phenoxy) is 1. The molecule has 1 aliphatic carbocycles. The number of amides is 3. The van der Waals surface area contributed by atoms with Gasteiger partial charge in [0.25, 0.3) is 0 Å². The summed E-state index contributed by atoms with van der Waals surface area (Å²) < 4.78 is 5.45. The number of β-amino-alcohol motifs (C(OH)–C–C–N with tert-alkyl or cyclic N) is 1. The molecule has 0 aromatic heterocycles. The number of rotatable bonds is 4. The molecule has 4 rings (SSSR count). The SMILES string of the molecule is CC(C)(C)OC(=O)N1CCC(ON=C2CCC(c3ccc(NC(=O)N4CC(O)C4)cc3)CC2)CC1. The van der Waals surface area contributed by atoms with Crippen LogP contribution in [0.4, 0.5) is 15.3 Å². The lowest BCUT2D eigenvalue weighted by Gasteiger charge is -2.35. The molecule has 3 amide bonds. The summed E-state index contributed by atoms with van der Waals surface area (Å²) in [5.41, 5.74) is 2.67. The number of hydrogen-bond acceptors (Lipinski definition) is 6. The van der Waals surface area contributed by atoms with E-state index in [0.717, 1.165) is 49.9 Å². The van der Waals surface area contributed by atoms with E-state index in [1.54, 1.807) is 9.80 Å². The number of carbonyl (C=O) groups is 2. The lowest BCUT2D eigenvalue weighted by molar-refractivity contribution is -0.0103. The summed E-state index contributed by atoms with van der Waals surface area (Å²) in [4.78, 5) is 33.5. The third kappa shape index (κ3) is 7.10. The van der Waals surface area contributed by atoms with E-state index in [9.17, 15) is 14.7 Å². The summed E-state index contributed by atoms with van der Waals surface area (Å²) in [5.74, 6) is 0.473. The second kappa shape index (κ2) is 10.8. The summed E-state index contributed by atoms with van der Waals surface area (Å²) >= 11 is 0. The van der Waals surface area contributed by atoms with Crippen LogP contribution in [-0.2, 0) is 9.57 Å². The molecule has 9 nitrogen and oxygen atoms in total. The molecular formula is C26H38N4O5. The monoisotopic (exact) mass is 486 g/mol. The molecule has 0 atom stereocenters. The predicted molar refractivity (Wildman–Crippen MR) is 134 cm³/mol. The fourth-order valence-corrected chi connectivity index (χ4v) is 4.66. The molecule has 3 fully saturated rings. The van der Waals surface area contributed by atoms with Gasteiger partial charge in [0.05, 0.1) is 24.9 Å². The van der Waals surface area contributed by atoms with E-state index >= 15 is 0 Å². The summed E-state index contributed by atoms with van der Waals surface area (Å²) in [6, 6.07) is 7.89. The second-order valence-corrected chi connectivity index (χ2v) is 10.8. The molecule has 1 aromatic carbocycles. The lowest BCUT2D eigenvalue weighted by Crippen LogP contribution is -2.54. The van der Waals surface area contributed by atoms with Crippen LogP contribution in [0.25, 0.3) is 0 Å². The Morgan fingerprint density at radius 1 is 1.00 bits per heavy atom. The van der Waals surface area contributed by atoms with Crippen LogP contribution < -0.4 is 5.32 Å². The number of likely N-dealkylation sites (tertiary alicyclic amines) is 2. The van der Waals surface area contributed by atoms with Gasteiger partial charge >= 0.3 is 12.1 Å². The molecule has 0 radical (unpaired) electrons. The molecule has 1 saturated carbocycles. The molecule has 2 saturated heterocycles. The maximum absolute atomic E-state index is 12.2. The first-order valence-corrected chi connectivity index (χ1v) is 12.7.